The third-order valence-corrected chi connectivity index (χ3v) is 7.24. The number of aromatic nitrogens is 2. The van der Waals surface area contributed by atoms with Crippen molar-refractivity contribution in [3.63, 3.8) is 0 Å². The van der Waals surface area contributed by atoms with Crippen LogP contribution in [0.3, 0.4) is 0 Å². The van der Waals surface area contributed by atoms with E-state index in [0.29, 0.717) is 12.8 Å². The van der Waals surface area contributed by atoms with Crippen molar-refractivity contribution >= 4 is 11.8 Å². The molecule has 1 aromatic heterocycles. The predicted molar refractivity (Wildman–Crippen MR) is 109 cm³/mol. The molecule has 3 aliphatic heterocycles. The fourth-order valence-corrected chi connectivity index (χ4v) is 5.27. The van der Waals surface area contributed by atoms with Gasteiger partial charge in [-0.1, -0.05) is 0 Å². The number of nitrogens with one attached hydrogen (secondary N) is 1. The molecule has 1 atom stereocenters. The summed E-state index contributed by atoms with van der Waals surface area (Å²) in [5, 5.41) is 7.22. The van der Waals surface area contributed by atoms with Crippen molar-refractivity contribution in [1.29, 1.82) is 0 Å². The smallest absolute Gasteiger partial charge is 0.222 e. The minimum Gasteiger partial charge on any atom is -0.376 e. The first-order valence-corrected chi connectivity index (χ1v) is 11.1. The van der Waals surface area contributed by atoms with Crippen LogP contribution in [0.25, 0.3) is 0 Å². The number of carbonyl (C=O) groups excluding carboxylic acids is 2. The van der Waals surface area contributed by atoms with Gasteiger partial charge in [-0.05, 0) is 63.4 Å². The highest BCUT2D eigenvalue weighted by Crippen LogP contribution is 2.40. The Morgan fingerprint density at radius 1 is 1.28 bits per heavy atom. The average molecular weight is 403 g/mol. The van der Waals surface area contributed by atoms with Gasteiger partial charge in [-0.25, -0.2) is 0 Å². The average Bonchev–Trinajstić information content (AvgIpc) is 3.34. The summed E-state index contributed by atoms with van der Waals surface area (Å²) >= 11 is 0. The molecule has 7 heteroatoms. The van der Waals surface area contributed by atoms with Crippen LogP contribution in [-0.4, -0.2) is 70.7 Å². The molecule has 0 aromatic carbocycles. The molecular formula is C22H34N4O3. The van der Waals surface area contributed by atoms with E-state index in [1.54, 1.807) is 0 Å². The highest BCUT2D eigenvalue weighted by Gasteiger charge is 2.42. The molecule has 3 fully saturated rings. The Morgan fingerprint density at radius 2 is 2.07 bits per heavy atom. The maximum absolute atomic E-state index is 12.7. The Labute approximate surface area is 173 Å². The number of rotatable bonds is 5. The van der Waals surface area contributed by atoms with Crippen molar-refractivity contribution < 1.29 is 14.3 Å². The van der Waals surface area contributed by atoms with Gasteiger partial charge in [0.1, 0.15) is 0 Å². The number of hydrogen-bond donors (Lipinski definition) is 1. The van der Waals surface area contributed by atoms with Crippen LogP contribution in [0, 0.1) is 19.3 Å². The van der Waals surface area contributed by atoms with E-state index in [9.17, 15) is 9.59 Å². The summed E-state index contributed by atoms with van der Waals surface area (Å²) in [6.45, 7) is 8.02. The Kier molecular flexibility index (Phi) is 5.95. The standard InChI is InChI=1S/C22H34N4O3/c1-16-19(17(2)24-23-16)5-6-20(27)25-11-9-22(10-12-25)8-7-21(28)26(15-22)14-18-4-3-13-29-18/h18H,3-15H2,1-2H3,(H,23,24)/t18-/m0/s1. The molecule has 7 nitrogen and oxygen atoms in total. The lowest BCUT2D eigenvalue weighted by Gasteiger charge is -2.47. The highest BCUT2D eigenvalue weighted by atomic mass is 16.5. The molecule has 1 aromatic rings. The quantitative estimate of drug-likeness (QED) is 0.820. The van der Waals surface area contributed by atoms with Gasteiger partial charge < -0.3 is 14.5 Å². The summed E-state index contributed by atoms with van der Waals surface area (Å²) in [6, 6.07) is 0. The number of H-pyrrole nitrogens is 1. The van der Waals surface area contributed by atoms with Crippen molar-refractivity contribution in [2.24, 2.45) is 5.41 Å². The van der Waals surface area contributed by atoms with Crippen LogP contribution in [0.1, 0.15) is 61.9 Å². The van der Waals surface area contributed by atoms with Gasteiger partial charge in [0.05, 0.1) is 11.8 Å². The van der Waals surface area contributed by atoms with E-state index in [-0.39, 0.29) is 23.3 Å². The summed E-state index contributed by atoms with van der Waals surface area (Å²) in [4.78, 5) is 29.2. The first-order valence-electron chi connectivity index (χ1n) is 11.1. The van der Waals surface area contributed by atoms with E-state index in [0.717, 1.165) is 82.7 Å². The second-order valence-electron chi connectivity index (χ2n) is 9.20. The van der Waals surface area contributed by atoms with E-state index in [1.165, 1.54) is 5.56 Å². The maximum atomic E-state index is 12.7. The second kappa shape index (κ2) is 8.46. The number of likely N-dealkylation sites (tertiary alicyclic amines) is 2. The molecule has 4 rings (SSSR count). The normalized spacial score (nSPS) is 24.5. The van der Waals surface area contributed by atoms with Crippen LogP contribution in [0.2, 0.25) is 0 Å². The largest absolute Gasteiger partial charge is 0.376 e. The molecule has 1 spiro atoms. The summed E-state index contributed by atoms with van der Waals surface area (Å²) in [6.07, 6.45) is 7.27. The zero-order chi connectivity index (χ0) is 20.4. The van der Waals surface area contributed by atoms with Crippen molar-refractivity contribution in [3.8, 4) is 0 Å². The summed E-state index contributed by atoms with van der Waals surface area (Å²) in [5.41, 5.74) is 3.40. The predicted octanol–water partition coefficient (Wildman–Crippen LogP) is 2.37. The molecule has 0 bridgehead atoms. The highest BCUT2D eigenvalue weighted by molar-refractivity contribution is 5.78. The lowest BCUT2D eigenvalue weighted by Crippen LogP contribution is -2.53. The molecule has 29 heavy (non-hydrogen) atoms. The molecule has 1 N–H and O–H groups in total. The zero-order valence-corrected chi connectivity index (χ0v) is 17.8. The van der Waals surface area contributed by atoms with Gasteiger partial charge in [0, 0.05) is 51.3 Å². The van der Waals surface area contributed by atoms with E-state index >= 15 is 0 Å². The van der Waals surface area contributed by atoms with Crippen LogP contribution < -0.4 is 0 Å². The fraction of sp³-hybridized carbons (Fsp3) is 0.773. The van der Waals surface area contributed by atoms with E-state index in [1.807, 2.05) is 23.6 Å². The van der Waals surface area contributed by atoms with Crippen molar-refractivity contribution in [1.82, 2.24) is 20.0 Å². The summed E-state index contributed by atoms with van der Waals surface area (Å²) < 4.78 is 5.75. The molecule has 160 valence electrons. The van der Waals surface area contributed by atoms with Crippen molar-refractivity contribution in [3.05, 3.63) is 17.0 Å². The molecule has 3 aliphatic rings. The van der Waals surface area contributed by atoms with Crippen molar-refractivity contribution in [2.75, 3.05) is 32.8 Å². The molecule has 0 saturated carbocycles. The lowest BCUT2D eigenvalue weighted by molar-refractivity contribution is -0.144. The van der Waals surface area contributed by atoms with E-state index in [4.69, 9.17) is 4.74 Å². The monoisotopic (exact) mass is 402 g/mol. The topological polar surface area (TPSA) is 78.5 Å². The molecule has 0 unspecified atom stereocenters. The number of aryl methyl sites for hydroxylation is 2. The van der Waals surface area contributed by atoms with Crippen LogP contribution in [0.5, 0.6) is 0 Å². The van der Waals surface area contributed by atoms with Gasteiger partial charge in [-0.15, -0.1) is 0 Å². The molecule has 0 aliphatic carbocycles. The van der Waals surface area contributed by atoms with Gasteiger partial charge in [0.15, 0.2) is 0 Å². The minimum absolute atomic E-state index is 0.182. The number of piperidine rings is 2. The van der Waals surface area contributed by atoms with Crippen LogP contribution in [0.15, 0.2) is 0 Å². The molecule has 0 radical (unpaired) electrons. The third kappa shape index (κ3) is 4.49. The Morgan fingerprint density at radius 3 is 2.72 bits per heavy atom. The molecule has 4 heterocycles. The van der Waals surface area contributed by atoms with Gasteiger partial charge in [0.25, 0.3) is 0 Å². The van der Waals surface area contributed by atoms with Gasteiger partial charge in [-0.3, -0.25) is 14.7 Å². The SMILES string of the molecule is Cc1n[nH]c(C)c1CCC(=O)N1CCC2(CCC(=O)N(C[C@@H]3CCCO3)C2)CC1. The summed E-state index contributed by atoms with van der Waals surface area (Å²) in [5.74, 6) is 0.512. The van der Waals surface area contributed by atoms with Gasteiger partial charge in [0.2, 0.25) is 11.8 Å². The number of aromatic amines is 1. The molecule has 2 amide bonds. The Balaban J connectivity index is 1.28. The van der Waals surface area contributed by atoms with E-state index < -0.39 is 0 Å². The van der Waals surface area contributed by atoms with Gasteiger partial charge in [-0.2, -0.15) is 5.10 Å². The van der Waals surface area contributed by atoms with Gasteiger partial charge >= 0.3 is 0 Å². The minimum atomic E-state index is 0.182. The number of amides is 2. The van der Waals surface area contributed by atoms with Crippen LogP contribution >= 0.6 is 0 Å². The van der Waals surface area contributed by atoms with Crippen LogP contribution in [0.4, 0.5) is 0 Å². The molecular weight excluding hydrogens is 368 g/mol. The third-order valence-electron chi connectivity index (χ3n) is 7.24. The first kappa shape index (κ1) is 20.4. The number of nitrogens with zero attached hydrogens (tertiary/aromatic N) is 3. The van der Waals surface area contributed by atoms with Crippen molar-refractivity contribution in [2.45, 2.75) is 71.3 Å². The zero-order valence-electron chi connectivity index (χ0n) is 17.8. The number of hydrogen-bond acceptors (Lipinski definition) is 4. The fourth-order valence-electron chi connectivity index (χ4n) is 5.27. The lowest BCUT2D eigenvalue weighted by atomic mass is 9.72. The number of ether oxygens (including phenoxy) is 1. The first-order chi connectivity index (χ1) is 14.0. The number of carbonyl (C=O) groups is 2. The maximum Gasteiger partial charge on any atom is 0.222 e. The van der Waals surface area contributed by atoms with Crippen LogP contribution in [-0.2, 0) is 20.7 Å². The van der Waals surface area contributed by atoms with E-state index in [2.05, 4.69) is 10.2 Å². The Bertz CT molecular complexity index is 726. The molecule has 3 saturated heterocycles. The summed E-state index contributed by atoms with van der Waals surface area (Å²) in [7, 11) is 0. The Hall–Kier alpha value is -1.89. The second-order valence-corrected chi connectivity index (χ2v) is 9.20.